The zero-order valence-corrected chi connectivity index (χ0v) is 15.4. The fourth-order valence-corrected chi connectivity index (χ4v) is 3.18. The zero-order valence-electron chi connectivity index (χ0n) is 15.4. The normalized spacial score (nSPS) is 11.1. The standard InChI is InChI=1S/C21H21N5O/c1-13-6-7-23-10-16(13)12-27-19-5-3-4-17-18(8-14(2)25-21(17)19)20-15(9-22)11-24-26-20/h3-8,10-11H,9,12,22H2,1-2H3,(H,24,26). The Balaban J connectivity index is 1.78. The molecule has 1 aromatic carbocycles. The van der Waals surface area contributed by atoms with Crippen LogP contribution in [0.25, 0.3) is 22.2 Å². The number of hydrogen-bond donors (Lipinski definition) is 2. The number of aryl methyl sites for hydroxylation is 2. The molecule has 0 saturated heterocycles. The van der Waals surface area contributed by atoms with Gasteiger partial charge >= 0.3 is 0 Å². The number of nitrogens with two attached hydrogens (primary N) is 1. The first-order valence-electron chi connectivity index (χ1n) is 8.82. The molecule has 27 heavy (non-hydrogen) atoms. The molecule has 0 saturated carbocycles. The number of benzene rings is 1. The summed E-state index contributed by atoms with van der Waals surface area (Å²) in [6.07, 6.45) is 5.39. The first-order chi connectivity index (χ1) is 13.2. The quantitative estimate of drug-likeness (QED) is 0.567. The van der Waals surface area contributed by atoms with Crippen molar-refractivity contribution in [1.29, 1.82) is 0 Å². The number of pyridine rings is 2. The molecule has 6 nitrogen and oxygen atoms in total. The largest absolute Gasteiger partial charge is 0.487 e. The van der Waals surface area contributed by atoms with Crippen LogP contribution in [0.3, 0.4) is 0 Å². The Bertz CT molecular complexity index is 1100. The molecule has 4 aromatic rings. The zero-order chi connectivity index (χ0) is 18.8. The van der Waals surface area contributed by atoms with E-state index in [1.165, 1.54) is 0 Å². The summed E-state index contributed by atoms with van der Waals surface area (Å²) >= 11 is 0. The molecule has 0 aliphatic heterocycles. The Labute approximate surface area is 157 Å². The highest BCUT2D eigenvalue weighted by Crippen LogP contribution is 2.34. The molecular weight excluding hydrogens is 338 g/mol. The second-order valence-electron chi connectivity index (χ2n) is 6.53. The molecule has 4 rings (SSSR count). The van der Waals surface area contributed by atoms with Gasteiger partial charge in [-0.2, -0.15) is 5.10 Å². The van der Waals surface area contributed by atoms with Crippen molar-refractivity contribution in [3.8, 4) is 17.0 Å². The van der Waals surface area contributed by atoms with E-state index in [4.69, 9.17) is 15.5 Å². The van der Waals surface area contributed by atoms with Crippen molar-refractivity contribution in [2.24, 2.45) is 5.73 Å². The highest BCUT2D eigenvalue weighted by molar-refractivity contribution is 5.97. The lowest BCUT2D eigenvalue weighted by molar-refractivity contribution is 0.308. The molecule has 6 heteroatoms. The van der Waals surface area contributed by atoms with Crippen LogP contribution in [0.5, 0.6) is 5.75 Å². The third-order valence-corrected chi connectivity index (χ3v) is 4.67. The number of nitrogens with zero attached hydrogens (tertiary/aromatic N) is 3. The van der Waals surface area contributed by atoms with Crippen molar-refractivity contribution in [3.05, 3.63) is 71.3 Å². The summed E-state index contributed by atoms with van der Waals surface area (Å²) in [5.41, 5.74) is 12.7. The van der Waals surface area contributed by atoms with Crippen LogP contribution in [-0.2, 0) is 13.2 Å². The summed E-state index contributed by atoms with van der Waals surface area (Å²) in [5, 5.41) is 8.22. The van der Waals surface area contributed by atoms with Crippen LogP contribution >= 0.6 is 0 Å². The van der Waals surface area contributed by atoms with Crippen LogP contribution < -0.4 is 10.5 Å². The van der Waals surface area contributed by atoms with Crippen LogP contribution in [0.2, 0.25) is 0 Å². The molecule has 0 atom stereocenters. The topological polar surface area (TPSA) is 89.7 Å². The highest BCUT2D eigenvalue weighted by atomic mass is 16.5. The number of rotatable bonds is 5. The second-order valence-corrected chi connectivity index (χ2v) is 6.53. The Morgan fingerprint density at radius 3 is 2.81 bits per heavy atom. The van der Waals surface area contributed by atoms with Crippen molar-refractivity contribution in [1.82, 2.24) is 20.2 Å². The van der Waals surface area contributed by atoms with Gasteiger partial charge in [-0.1, -0.05) is 12.1 Å². The van der Waals surface area contributed by atoms with Crippen molar-refractivity contribution in [3.63, 3.8) is 0 Å². The Hall–Kier alpha value is -3.25. The summed E-state index contributed by atoms with van der Waals surface area (Å²) in [7, 11) is 0. The molecule has 0 spiro atoms. The van der Waals surface area contributed by atoms with E-state index in [9.17, 15) is 0 Å². The van der Waals surface area contributed by atoms with Crippen molar-refractivity contribution >= 4 is 10.9 Å². The third-order valence-electron chi connectivity index (χ3n) is 4.67. The van der Waals surface area contributed by atoms with Crippen molar-refractivity contribution < 1.29 is 4.74 Å². The minimum Gasteiger partial charge on any atom is -0.487 e. The number of para-hydroxylation sites is 1. The molecule has 3 heterocycles. The number of ether oxygens (including phenoxy) is 1. The molecule has 0 fully saturated rings. The number of fused-ring (bicyclic) bond motifs is 1. The van der Waals surface area contributed by atoms with Gasteiger partial charge in [0.05, 0.1) is 11.9 Å². The summed E-state index contributed by atoms with van der Waals surface area (Å²) < 4.78 is 6.12. The molecule has 0 aliphatic carbocycles. The number of hydrogen-bond acceptors (Lipinski definition) is 5. The van der Waals surface area contributed by atoms with Crippen LogP contribution in [0, 0.1) is 13.8 Å². The van der Waals surface area contributed by atoms with E-state index in [0.29, 0.717) is 13.2 Å². The average molecular weight is 359 g/mol. The molecule has 3 N–H and O–H groups in total. The predicted octanol–water partition coefficient (Wildman–Crippen LogP) is 3.67. The van der Waals surface area contributed by atoms with Gasteiger partial charge in [0, 0.05) is 46.7 Å². The van der Waals surface area contributed by atoms with Gasteiger partial charge < -0.3 is 10.5 Å². The van der Waals surface area contributed by atoms with Gasteiger partial charge in [-0.05, 0) is 37.6 Å². The maximum absolute atomic E-state index is 6.12. The maximum atomic E-state index is 6.12. The first kappa shape index (κ1) is 17.2. The molecule has 0 radical (unpaired) electrons. The SMILES string of the molecule is Cc1cc(-c2[nH]ncc2CN)c2cccc(OCc3cnccc3C)c2n1. The van der Waals surface area contributed by atoms with Gasteiger partial charge in [0.1, 0.15) is 17.9 Å². The van der Waals surface area contributed by atoms with Crippen molar-refractivity contribution in [2.45, 2.75) is 27.0 Å². The second kappa shape index (κ2) is 7.17. The van der Waals surface area contributed by atoms with E-state index < -0.39 is 0 Å². The summed E-state index contributed by atoms with van der Waals surface area (Å²) in [5.74, 6) is 0.745. The van der Waals surface area contributed by atoms with E-state index in [1.54, 1.807) is 12.4 Å². The monoisotopic (exact) mass is 359 g/mol. The van der Waals surface area contributed by atoms with Crippen molar-refractivity contribution in [2.75, 3.05) is 0 Å². The van der Waals surface area contributed by atoms with Gasteiger partial charge in [-0.15, -0.1) is 0 Å². The number of nitrogens with one attached hydrogen (secondary N) is 1. The fraction of sp³-hybridized carbons (Fsp3) is 0.190. The summed E-state index contributed by atoms with van der Waals surface area (Å²) in [6, 6.07) is 9.99. The van der Waals surface area contributed by atoms with E-state index in [0.717, 1.165) is 50.3 Å². The molecule has 0 unspecified atom stereocenters. The third kappa shape index (κ3) is 3.27. The van der Waals surface area contributed by atoms with Gasteiger partial charge in [0.15, 0.2) is 0 Å². The lowest BCUT2D eigenvalue weighted by atomic mass is 10.0. The Kier molecular flexibility index (Phi) is 4.56. The van der Waals surface area contributed by atoms with E-state index in [1.807, 2.05) is 43.5 Å². The highest BCUT2D eigenvalue weighted by Gasteiger charge is 2.14. The lowest BCUT2D eigenvalue weighted by Gasteiger charge is -2.13. The van der Waals surface area contributed by atoms with Crippen LogP contribution in [0.15, 0.2) is 48.9 Å². The van der Waals surface area contributed by atoms with E-state index in [-0.39, 0.29) is 0 Å². The molecule has 0 bridgehead atoms. The van der Waals surface area contributed by atoms with Crippen LogP contribution in [-0.4, -0.2) is 20.2 Å². The summed E-state index contributed by atoms with van der Waals surface area (Å²) in [4.78, 5) is 8.91. The smallest absolute Gasteiger partial charge is 0.146 e. The number of H-pyrrole nitrogens is 1. The fourth-order valence-electron chi connectivity index (χ4n) is 3.18. The Morgan fingerprint density at radius 1 is 1.11 bits per heavy atom. The minimum atomic E-state index is 0.422. The lowest BCUT2D eigenvalue weighted by Crippen LogP contribution is -2.01. The summed E-state index contributed by atoms with van der Waals surface area (Å²) in [6.45, 7) is 4.90. The maximum Gasteiger partial charge on any atom is 0.146 e. The van der Waals surface area contributed by atoms with E-state index >= 15 is 0 Å². The first-order valence-corrected chi connectivity index (χ1v) is 8.82. The predicted molar refractivity (Wildman–Crippen MR) is 105 cm³/mol. The van der Waals surface area contributed by atoms with E-state index in [2.05, 4.69) is 22.1 Å². The molecule has 0 aliphatic rings. The van der Waals surface area contributed by atoms with Gasteiger partial charge in [0.25, 0.3) is 0 Å². The van der Waals surface area contributed by atoms with Crippen LogP contribution in [0.1, 0.15) is 22.4 Å². The van der Waals surface area contributed by atoms with Crippen LogP contribution in [0.4, 0.5) is 0 Å². The van der Waals surface area contributed by atoms with Gasteiger partial charge in [-0.3, -0.25) is 10.1 Å². The Morgan fingerprint density at radius 2 is 2.00 bits per heavy atom. The molecule has 3 aromatic heterocycles. The number of aromatic nitrogens is 4. The molecule has 0 amide bonds. The average Bonchev–Trinajstić information content (AvgIpc) is 3.15. The number of aromatic amines is 1. The minimum absolute atomic E-state index is 0.422. The molecular formula is C21H21N5O. The van der Waals surface area contributed by atoms with Gasteiger partial charge in [-0.25, -0.2) is 4.98 Å². The van der Waals surface area contributed by atoms with Gasteiger partial charge in [0.2, 0.25) is 0 Å². The molecule has 136 valence electrons.